The van der Waals surface area contributed by atoms with Gasteiger partial charge in [0.05, 0.1) is 0 Å². The summed E-state index contributed by atoms with van der Waals surface area (Å²) in [6, 6.07) is 13.2. The highest BCUT2D eigenvalue weighted by Crippen LogP contribution is 2.60. The molecule has 2 aliphatic rings. The van der Waals surface area contributed by atoms with Crippen LogP contribution in [0, 0.1) is 5.92 Å². The molecule has 2 aromatic rings. The molecule has 2 atom stereocenters. The summed E-state index contributed by atoms with van der Waals surface area (Å²) in [6.07, 6.45) is 2.31. The molecule has 0 unspecified atom stereocenters. The van der Waals surface area contributed by atoms with Gasteiger partial charge in [-0.25, -0.2) is 0 Å². The van der Waals surface area contributed by atoms with E-state index >= 15 is 0 Å². The predicted molar refractivity (Wildman–Crippen MR) is 85.8 cm³/mol. The average molecular weight is 279 g/mol. The molecule has 108 valence electrons. The molecule has 1 saturated heterocycles. The molecular formula is C19H21NO. The fourth-order valence-electron chi connectivity index (χ4n) is 4.19. The lowest BCUT2D eigenvalue weighted by molar-refractivity contribution is 0.112. The number of carbonyl (C=O) groups is 1. The van der Waals surface area contributed by atoms with Crippen molar-refractivity contribution in [2.45, 2.75) is 31.7 Å². The standard InChI is InChI=1S/C19H21NO/c1-13(2)20-10-15-9-19(15,12-20)18-8-7-14-5-3-4-6-16(14)17(18)11-21/h3-8,11,13,15H,9-10,12H2,1-2H3/t15-,19-/m0/s1. The lowest BCUT2D eigenvalue weighted by Gasteiger charge is -2.25. The third-order valence-electron chi connectivity index (χ3n) is 5.53. The van der Waals surface area contributed by atoms with Gasteiger partial charge in [-0.1, -0.05) is 36.4 Å². The molecule has 1 aliphatic heterocycles. The summed E-state index contributed by atoms with van der Waals surface area (Å²) in [6.45, 7) is 6.82. The van der Waals surface area contributed by atoms with E-state index in [4.69, 9.17) is 0 Å². The number of piperidine rings is 1. The summed E-state index contributed by atoms with van der Waals surface area (Å²) in [4.78, 5) is 14.3. The van der Waals surface area contributed by atoms with E-state index in [1.807, 2.05) is 12.1 Å². The summed E-state index contributed by atoms with van der Waals surface area (Å²) in [5.74, 6) is 0.736. The van der Waals surface area contributed by atoms with Gasteiger partial charge in [0, 0.05) is 30.1 Å². The number of fused-ring (bicyclic) bond motifs is 2. The van der Waals surface area contributed by atoms with Crippen molar-refractivity contribution in [3.63, 3.8) is 0 Å². The summed E-state index contributed by atoms with van der Waals surface area (Å²) in [5, 5.41) is 2.27. The van der Waals surface area contributed by atoms with E-state index in [-0.39, 0.29) is 5.41 Å². The van der Waals surface area contributed by atoms with Crippen LogP contribution in [-0.2, 0) is 5.41 Å². The van der Waals surface area contributed by atoms with Crippen LogP contribution in [0.4, 0.5) is 0 Å². The van der Waals surface area contributed by atoms with Crippen LogP contribution in [0.1, 0.15) is 36.2 Å². The summed E-state index contributed by atoms with van der Waals surface area (Å²) < 4.78 is 0. The third-order valence-corrected chi connectivity index (χ3v) is 5.53. The van der Waals surface area contributed by atoms with Crippen LogP contribution in [0.15, 0.2) is 36.4 Å². The van der Waals surface area contributed by atoms with Crippen molar-refractivity contribution in [3.8, 4) is 0 Å². The zero-order chi connectivity index (χ0) is 14.6. The molecule has 0 spiro atoms. The highest BCUT2D eigenvalue weighted by atomic mass is 16.1. The second kappa shape index (κ2) is 4.41. The van der Waals surface area contributed by atoms with Crippen LogP contribution in [0.3, 0.4) is 0 Å². The topological polar surface area (TPSA) is 20.3 Å². The number of aldehydes is 1. The summed E-state index contributed by atoms with van der Waals surface area (Å²) in [7, 11) is 0. The molecule has 2 fully saturated rings. The van der Waals surface area contributed by atoms with E-state index < -0.39 is 0 Å². The smallest absolute Gasteiger partial charge is 0.150 e. The number of benzene rings is 2. The minimum Gasteiger partial charge on any atom is -0.300 e. The SMILES string of the molecule is CC(C)N1C[C@@H]2C[C@]2(c2ccc3ccccc3c2C=O)C1. The molecule has 0 N–H and O–H groups in total. The largest absolute Gasteiger partial charge is 0.300 e. The van der Waals surface area contributed by atoms with E-state index in [0.29, 0.717) is 6.04 Å². The van der Waals surface area contributed by atoms with E-state index in [2.05, 4.69) is 43.0 Å². The van der Waals surface area contributed by atoms with Crippen molar-refractivity contribution in [1.29, 1.82) is 0 Å². The predicted octanol–water partition coefficient (Wildman–Crippen LogP) is 3.63. The van der Waals surface area contributed by atoms with E-state index in [0.717, 1.165) is 35.1 Å². The van der Waals surface area contributed by atoms with Gasteiger partial charge in [-0.2, -0.15) is 0 Å². The summed E-state index contributed by atoms with van der Waals surface area (Å²) in [5.41, 5.74) is 2.44. The molecule has 0 radical (unpaired) electrons. The van der Waals surface area contributed by atoms with Gasteiger partial charge in [0.1, 0.15) is 0 Å². The minimum atomic E-state index is 0.241. The molecule has 1 saturated carbocycles. The Hall–Kier alpha value is -1.67. The Bertz CT molecular complexity index is 721. The van der Waals surface area contributed by atoms with Gasteiger partial charge < -0.3 is 0 Å². The van der Waals surface area contributed by atoms with Crippen LogP contribution < -0.4 is 0 Å². The van der Waals surface area contributed by atoms with Gasteiger partial charge in [0.25, 0.3) is 0 Å². The fraction of sp³-hybridized carbons (Fsp3) is 0.421. The first-order valence-corrected chi connectivity index (χ1v) is 7.87. The minimum absolute atomic E-state index is 0.241. The molecule has 1 heterocycles. The molecule has 0 amide bonds. The highest BCUT2D eigenvalue weighted by molar-refractivity contribution is 6.00. The van der Waals surface area contributed by atoms with Crippen LogP contribution in [0.2, 0.25) is 0 Å². The number of carbonyl (C=O) groups excluding carboxylic acids is 1. The van der Waals surface area contributed by atoms with Crippen LogP contribution in [0.25, 0.3) is 10.8 Å². The molecule has 0 bridgehead atoms. The quantitative estimate of drug-likeness (QED) is 0.800. The van der Waals surface area contributed by atoms with E-state index in [9.17, 15) is 4.79 Å². The lowest BCUT2D eigenvalue weighted by Crippen LogP contribution is -2.32. The highest BCUT2D eigenvalue weighted by Gasteiger charge is 2.61. The maximum Gasteiger partial charge on any atom is 0.150 e. The second-order valence-corrected chi connectivity index (χ2v) is 6.95. The van der Waals surface area contributed by atoms with E-state index in [1.165, 1.54) is 18.5 Å². The Morgan fingerprint density at radius 1 is 1.24 bits per heavy atom. The van der Waals surface area contributed by atoms with E-state index in [1.54, 1.807) is 0 Å². The molecule has 4 rings (SSSR count). The zero-order valence-electron chi connectivity index (χ0n) is 12.7. The first-order chi connectivity index (χ1) is 10.2. The van der Waals surface area contributed by atoms with Crippen molar-refractivity contribution < 1.29 is 4.79 Å². The van der Waals surface area contributed by atoms with Gasteiger partial charge in [-0.05, 0) is 42.5 Å². The Labute approximate surface area is 125 Å². The summed E-state index contributed by atoms with van der Waals surface area (Å²) >= 11 is 0. The first-order valence-electron chi connectivity index (χ1n) is 7.87. The first kappa shape index (κ1) is 13.0. The molecule has 1 aliphatic carbocycles. The maximum atomic E-state index is 11.8. The molecule has 2 nitrogen and oxygen atoms in total. The van der Waals surface area contributed by atoms with Crippen molar-refractivity contribution in [1.82, 2.24) is 4.90 Å². The molecular weight excluding hydrogens is 258 g/mol. The third kappa shape index (κ3) is 1.78. The Morgan fingerprint density at radius 2 is 2.05 bits per heavy atom. The molecule has 2 aromatic carbocycles. The molecule has 0 aromatic heterocycles. The lowest BCUT2D eigenvalue weighted by atomic mass is 9.88. The number of hydrogen-bond acceptors (Lipinski definition) is 2. The van der Waals surface area contributed by atoms with Crippen molar-refractivity contribution in [2.75, 3.05) is 13.1 Å². The number of rotatable bonds is 3. The van der Waals surface area contributed by atoms with Gasteiger partial charge >= 0.3 is 0 Å². The number of likely N-dealkylation sites (tertiary alicyclic amines) is 1. The number of hydrogen-bond donors (Lipinski definition) is 0. The van der Waals surface area contributed by atoms with Gasteiger partial charge in [-0.3, -0.25) is 9.69 Å². The van der Waals surface area contributed by atoms with Crippen LogP contribution in [-0.4, -0.2) is 30.3 Å². The Kier molecular flexibility index (Phi) is 2.74. The van der Waals surface area contributed by atoms with Gasteiger partial charge in [0.15, 0.2) is 6.29 Å². The van der Waals surface area contributed by atoms with Crippen LogP contribution in [0.5, 0.6) is 0 Å². The molecule has 2 heteroatoms. The zero-order valence-corrected chi connectivity index (χ0v) is 12.7. The second-order valence-electron chi connectivity index (χ2n) is 6.95. The number of nitrogens with zero attached hydrogens (tertiary/aromatic N) is 1. The van der Waals surface area contributed by atoms with Crippen molar-refractivity contribution in [2.24, 2.45) is 5.92 Å². The van der Waals surface area contributed by atoms with Crippen LogP contribution >= 0.6 is 0 Å². The average Bonchev–Trinajstić information content (AvgIpc) is 3.07. The normalized spacial score (nSPS) is 28.0. The molecule has 21 heavy (non-hydrogen) atoms. The van der Waals surface area contributed by atoms with Gasteiger partial charge in [0.2, 0.25) is 0 Å². The monoisotopic (exact) mass is 279 g/mol. The Balaban J connectivity index is 1.83. The maximum absolute atomic E-state index is 11.8. The van der Waals surface area contributed by atoms with Crippen molar-refractivity contribution >= 4 is 17.1 Å². The fourth-order valence-corrected chi connectivity index (χ4v) is 4.19. The Morgan fingerprint density at radius 3 is 2.76 bits per heavy atom. The van der Waals surface area contributed by atoms with Crippen molar-refractivity contribution in [3.05, 3.63) is 47.5 Å². The van der Waals surface area contributed by atoms with Gasteiger partial charge in [-0.15, -0.1) is 0 Å².